The first-order chi connectivity index (χ1) is 57.4. The van der Waals surface area contributed by atoms with Crippen LogP contribution >= 0.6 is 0 Å². The fourth-order valence-corrected chi connectivity index (χ4v) is 14.0. The van der Waals surface area contributed by atoms with Crippen molar-refractivity contribution < 1.29 is 76.5 Å². The van der Waals surface area contributed by atoms with E-state index in [4.69, 9.17) is 33.0 Å². The van der Waals surface area contributed by atoms with Crippen molar-refractivity contribution in [3.05, 3.63) is 327 Å². The van der Waals surface area contributed by atoms with Crippen molar-refractivity contribution in [1.29, 1.82) is 0 Å². The van der Waals surface area contributed by atoms with E-state index >= 15 is 0 Å². The van der Waals surface area contributed by atoms with Gasteiger partial charge in [0.1, 0.15) is 5.82 Å². The molecule has 3 heterocycles. The van der Waals surface area contributed by atoms with Gasteiger partial charge < -0.3 is 18.9 Å². The second kappa shape index (κ2) is 23.1. The minimum atomic E-state index is -6.57. The standard InChI is InChI=1S/C79H53N4OSi.Pt/c1-55-47-77(80-53-73(55)58-29-12-4-13-30-58)83-74-44-21-20-41-70(74)71-46-45-63(52-75(71)83)84-62-33-23-32-61(51-62)82-54-81-79-72(49-60(50-76(79)82)56-25-8-2-9-26-56)78-68(57-27-10-3-11-28-57)42-24-43-69(78)59-31-22-40-67(48-59)85(64-34-14-5-15-35-64,65-36-16-6-17-37-65)66-38-18-7-19-39-66;/h2-50,53H,1H3;/q-3;/i1D3,2D,3D,4D,5D,6D,7D,8D,9D,10D,11D,12D,13D,14D,15D,16D,17D,18D,19D,22D,25D,26D,27D,28D,29D,30D,31D,34D,35D,36D,37D,38D,39D,40D,48D;. The van der Waals surface area contributed by atoms with Crippen LogP contribution in [0.1, 0.15) is 56.3 Å². The van der Waals surface area contributed by atoms with Gasteiger partial charge >= 0.3 is 0 Å². The number of nitrogens with zero attached hydrogens (tertiary/aromatic N) is 4. The summed E-state index contributed by atoms with van der Waals surface area (Å²) in [5, 5.41) is -3.54. The number of benzene rings is 12. The molecule has 412 valence electrons. The summed E-state index contributed by atoms with van der Waals surface area (Å²) < 4.78 is 350. The number of hydrogen-bond donors (Lipinski definition) is 0. The number of aryl methyl sites for hydroxylation is 1. The summed E-state index contributed by atoms with van der Waals surface area (Å²) in [6.07, 6.45) is 4.01. The van der Waals surface area contributed by atoms with Crippen molar-refractivity contribution >= 4 is 61.7 Å². The number of fused-ring (bicyclic) bond motifs is 4. The molecule has 0 radical (unpaired) electrons. The predicted molar refractivity (Wildman–Crippen MR) is 352 cm³/mol. The Bertz CT molecular complexity index is 6850. The third-order valence-electron chi connectivity index (χ3n) is 14.0. The summed E-state index contributed by atoms with van der Waals surface area (Å²) in [4.78, 5) is 9.41. The molecule has 0 aliphatic heterocycles. The van der Waals surface area contributed by atoms with Gasteiger partial charge in [-0.1, -0.05) is 265 Å². The van der Waals surface area contributed by atoms with Gasteiger partial charge in [-0.05, 0) is 106 Å². The third kappa shape index (κ3) is 9.59. The SMILES string of the molecule is [2H]c1c([2H])c([2H])c(-c2cc(-c3c(-c4c([2H])c([2H])c([2H])c([2H])c4[2H])cccc3-c3c([2H])c([2H])c([2H])c([Si](c4c([2H])c([2H])c([2H])c([2H])c4[2H])(c4c([2H])c([2H])c([2H])c([2H])c4[2H])c4c([2H])c([2H])c([2H])c([2H])c4[2H])c3[2H])c3n[c-]n(-c4[c-]c(Oc5[c-]c6c(cc5)c5ccccc5n6-c5cc(C([2H])([2H])[2H])c(-c6c([2H])c([2H])c([2H])c([2H])c6[2H])cn5)ccc4)c3c2)c([2H])c1[2H].[Pt]. The summed E-state index contributed by atoms with van der Waals surface area (Å²) in [6, 6.07) is -7.48. The zero-order valence-electron chi connectivity index (χ0n) is 80.8. The fraction of sp³-hybridized carbons (Fsp3) is 0.0127. The number of pyridine rings is 1. The van der Waals surface area contributed by atoms with E-state index in [0.717, 1.165) is 12.3 Å². The molecule has 0 unspecified atom stereocenters. The van der Waals surface area contributed by atoms with Crippen LogP contribution in [0.3, 0.4) is 0 Å². The van der Waals surface area contributed by atoms with Gasteiger partial charge in [0.05, 0.1) is 46.6 Å². The number of hydrogen-bond acceptors (Lipinski definition) is 3. The van der Waals surface area contributed by atoms with Crippen LogP contribution < -0.4 is 25.5 Å². The molecule has 0 amide bonds. The van der Waals surface area contributed by atoms with Crippen molar-refractivity contribution in [2.45, 2.75) is 6.85 Å². The second-order valence-corrected chi connectivity index (χ2v) is 22.2. The van der Waals surface area contributed by atoms with Gasteiger partial charge in [0.2, 0.25) is 0 Å². The molecule has 5 nitrogen and oxygen atoms in total. The third-order valence-corrected chi connectivity index (χ3v) is 18.0. The average Bonchev–Trinajstić information content (AvgIpc) is 1.47. The second-order valence-electron chi connectivity index (χ2n) is 18.7. The number of imidazole rings is 1. The normalized spacial score (nSPS) is 17.7. The summed E-state index contributed by atoms with van der Waals surface area (Å²) in [6.45, 7) is -2.96. The number of ether oxygens (including phenoxy) is 1. The summed E-state index contributed by atoms with van der Waals surface area (Å²) in [5.74, 6) is -0.0715. The molecule has 0 aliphatic rings. The van der Waals surface area contributed by atoms with E-state index in [1.54, 1.807) is 41.0 Å². The summed E-state index contributed by atoms with van der Waals surface area (Å²) in [7, 11) is -6.57. The van der Waals surface area contributed by atoms with Gasteiger partial charge in [-0.3, -0.25) is 0 Å². The Balaban J connectivity index is 0.0000123. The van der Waals surface area contributed by atoms with Gasteiger partial charge in [-0.25, -0.2) is 4.98 Å². The van der Waals surface area contributed by atoms with E-state index in [2.05, 4.69) is 23.4 Å². The molecular weight excluding hydrogens is 1240 g/mol. The molecule has 0 atom stereocenters. The maximum absolute atomic E-state index is 10.9. The Morgan fingerprint density at radius 3 is 1.70 bits per heavy atom. The van der Waals surface area contributed by atoms with Crippen LogP contribution in [0, 0.1) is 25.3 Å². The quantitative estimate of drug-likeness (QED) is 0.0656. The van der Waals surface area contributed by atoms with Crippen molar-refractivity contribution in [1.82, 2.24) is 19.1 Å². The van der Waals surface area contributed by atoms with Crippen LogP contribution in [0.4, 0.5) is 0 Å². The van der Waals surface area contributed by atoms with Crippen LogP contribution in [0.15, 0.2) is 303 Å². The molecule has 0 N–H and O–H groups in total. The molecule has 3 aromatic heterocycles. The maximum Gasteiger partial charge on any atom is 0.179 e. The number of para-hydroxylation sites is 1. The van der Waals surface area contributed by atoms with Crippen LogP contribution in [-0.2, 0) is 21.1 Å². The van der Waals surface area contributed by atoms with Crippen LogP contribution in [-0.4, -0.2) is 27.2 Å². The molecule has 0 aliphatic carbocycles. The Kier molecular flexibility index (Phi) is 7.19. The Labute approximate surface area is 568 Å². The zero-order valence-corrected chi connectivity index (χ0v) is 47.0. The van der Waals surface area contributed by atoms with Crippen molar-refractivity contribution in [3.8, 4) is 78.6 Å². The van der Waals surface area contributed by atoms with Crippen LogP contribution in [0.5, 0.6) is 11.5 Å². The molecule has 15 aromatic rings. The van der Waals surface area contributed by atoms with Crippen LogP contribution in [0.2, 0.25) is 0 Å². The molecule has 0 saturated carbocycles. The van der Waals surface area contributed by atoms with Gasteiger partial charge in [0.25, 0.3) is 0 Å². The van der Waals surface area contributed by atoms with E-state index < -0.39 is 286 Å². The van der Waals surface area contributed by atoms with E-state index in [0.29, 0.717) is 16.3 Å². The molecule has 0 fully saturated rings. The van der Waals surface area contributed by atoms with Gasteiger partial charge in [0, 0.05) is 60.3 Å². The molecule has 15 rings (SSSR count). The first kappa shape index (κ1) is 26.8. The van der Waals surface area contributed by atoms with Crippen molar-refractivity contribution in [2.24, 2.45) is 0 Å². The Morgan fingerprint density at radius 2 is 1.03 bits per heavy atom. The predicted octanol–water partition coefficient (Wildman–Crippen LogP) is 16.7. The average molecular weight is 1330 g/mol. The van der Waals surface area contributed by atoms with E-state index in [1.807, 2.05) is 0 Å². The Morgan fingerprint density at radius 1 is 0.465 bits per heavy atom. The van der Waals surface area contributed by atoms with Gasteiger partial charge in [0.15, 0.2) is 8.07 Å². The minimum absolute atomic E-state index is 0. The van der Waals surface area contributed by atoms with E-state index in [9.17, 15) is 27.4 Å². The molecule has 0 bridgehead atoms. The first-order valence-corrected chi connectivity index (χ1v) is 27.7. The maximum atomic E-state index is 10.9. The monoisotopic (exact) mass is 1330 g/mol. The molecular formula is C79H53N4OPtSi-3. The molecule has 86 heavy (non-hydrogen) atoms. The van der Waals surface area contributed by atoms with Gasteiger partial charge in [-0.15, -0.1) is 29.3 Å². The minimum Gasteiger partial charge on any atom is -0.510 e. The number of rotatable bonds is 13. The van der Waals surface area contributed by atoms with E-state index in [-0.39, 0.29) is 77.3 Å². The first-order valence-electron chi connectivity index (χ1n) is 44.2. The fourth-order valence-electron chi connectivity index (χ4n) is 10.4. The largest absolute Gasteiger partial charge is 0.510 e. The Hall–Kier alpha value is -10.2. The summed E-state index contributed by atoms with van der Waals surface area (Å²) in [5.41, 5.74) is -4.95. The molecule has 0 saturated heterocycles. The smallest absolute Gasteiger partial charge is 0.179 e. The topological polar surface area (TPSA) is 44.9 Å². The molecule has 12 aromatic carbocycles. The summed E-state index contributed by atoms with van der Waals surface area (Å²) >= 11 is 0. The molecule has 7 heteroatoms. The van der Waals surface area contributed by atoms with Crippen molar-refractivity contribution in [2.75, 3.05) is 0 Å². The zero-order chi connectivity index (χ0) is 88.8. The van der Waals surface area contributed by atoms with Gasteiger partial charge in [-0.2, -0.15) is 24.3 Å². The van der Waals surface area contributed by atoms with E-state index in [1.165, 1.54) is 53.1 Å². The van der Waals surface area contributed by atoms with Crippen LogP contribution in [0.25, 0.3) is 100.0 Å². The van der Waals surface area contributed by atoms with Crippen molar-refractivity contribution in [3.63, 3.8) is 0 Å². The number of aromatic nitrogens is 4. The molecule has 0 spiro atoms.